The molecule has 4 aromatic rings. The number of H-pyrrole nitrogens is 2. The largest absolute Gasteiger partial charge is 0.453 e. The molecule has 4 amide bonds. The molecule has 0 spiro atoms. The molecule has 69 heavy (non-hydrogen) atoms. The van der Waals surface area contributed by atoms with Gasteiger partial charge in [-0.15, -0.1) is 0 Å². The van der Waals surface area contributed by atoms with E-state index in [9.17, 15) is 19.2 Å². The van der Waals surface area contributed by atoms with Crippen LogP contribution in [0.3, 0.4) is 0 Å². The fourth-order valence-corrected chi connectivity index (χ4v) is 8.61. The minimum absolute atomic E-state index is 0.00251. The highest BCUT2D eigenvalue weighted by atomic mass is 16.5. The Morgan fingerprint density at radius 2 is 1.07 bits per heavy atom. The minimum atomic E-state index is -0.739. The van der Waals surface area contributed by atoms with Crippen molar-refractivity contribution in [3.05, 3.63) is 72.6 Å². The van der Waals surface area contributed by atoms with Crippen molar-refractivity contribution < 1.29 is 38.1 Å². The molecule has 382 valence electrons. The molecule has 8 atom stereocenters. The zero-order valence-corrected chi connectivity index (χ0v) is 43.6. The lowest BCUT2D eigenvalue weighted by atomic mass is 9.87. The number of carbonyl (C=O) groups is 4. The number of carbonyl (C=O) groups excluding carboxylic acids is 4. The normalized spacial score (nSPS) is 19.2. The van der Waals surface area contributed by atoms with Gasteiger partial charge >= 0.3 is 6.09 Å². The number of aromatic amines is 2. The van der Waals surface area contributed by atoms with Gasteiger partial charge in [-0.05, 0) is 100 Å². The predicted molar refractivity (Wildman–Crippen MR) is 272 cm³/mol. The molecule has 0 bridgehead atoms. The topological polar surface area (TPSA) is 193 Å². The van der Waals surface area contributed by atoms with Gasteiger partial charge in [0.1, 0.15) is 23.7 Å². The molecule has 4 N–H and O–H groups in total. The Kier molecular flexibility index (Phi) is 25.2. The van der Waals surface area contributed by atoms with E-state index in [1.807, 2.05) is 98.4 Å². The SMILES string of the molecule is CC.CC.CC[C@H](C)N(Cc1ncc(-c2ccc(-c3ccc(-c4cnc(CN(C(=O)C(NC(=O)OC)C5CCOC(C)C5)[C@@H](C)CC)[nH]4)cc3)cc2)[nH]1)C(=O)C(NC=O)C1CCOC(C)C1.COC. The molecular weight excluding hydrogens is 877 g/mol. The van der Waals surface area contributed by atoms with Crippen LogP contribution >= 0.6 is 0 Å². The summed E-state index contributed by atoms with van der Waals surface area (Å²) in [6, 6.07) is 15.0. The minimum Gasteiger partial charge on any atom is -0.453 e. The monoisotopic (exact) mass is 959 g/mol. The third kappa shape index (κ3) is 16.5. The average molecular weight is 959 g/mol. The van der Waals surface area contributed by atoms with Gasteiger partial charge < -0.3 is 49.3 Å². The van der Waals surface area contributed by atoms with Crippen molar-refractivity contribution >= 4 is 24.3 Å². The Morgan fingerprint density at radius 3 is 1.43 bits per heavy atom. The Morgan fingerprint density at radius 1 is 0.696 bits per heavy atom. The number of imidazole rings is 2. The highest BCUT2D eigenvalue weighted by Gasteiger charge is 2.38. The molecule has 4 heterocycles. The number of rotatable bonds is 18. The summed E-state index contributed by atoms with van der Waals surface area (Å²) in [4.78, 5) is 71.9. The fraction of sp³-hybridized carbons (Fsp3) is 0.585. The predicted octanol–water partition coefficient (Wildman–Crippen LogP) is 9.17. The Labute approximate surface area is 411 Å². The van der Waals surface area contributed by atoms with Crippen molar-refractivity contribution in [2.24, 2.45) is 11.8 Å². The van der Waals surface area contributed by atoms with Crippen molar-refractivity contribution in [1.29, 1.82) is 0 Å². The summed E-state index contributed by atoms with van der Waals surface area (Å²) in [6.45, 7) is 21.8. The smallest absolute Gasteiger partial charge is 0.407 e. The van der Waals surface area contributed by atoms with Crippen LogP contribution in [0.1, 0.15) is 119 Å². The number of ether oxygens (including phenoxy) is 4. The van der Waals surface area contributed by atoms with Crippen LogP contribution in [-0.2, 0) is 46.4 Å². The van der Waals surface area contributed by atoms with Crippen LogP contribution < -0.4 is 10.6 Å². The van der Waals surface area contributed by atoms with Gasteiger partial charge in [-0.25, -0.2) is 14.8 Å². The molecule has 2 aromatic heterocycles. The second-order valence-electron chi connectivity index (χ2n) is 17.3. The summed E-state index contributed by atoms with van der Waals surface area (Å²) >= 11 is 0. The maximum Gasteiger partial charge on any atom is 0.407 e. The molecule has 16 heteroatoms. The third-order valence-electron chi connectivity index (χ3n) is 12.7. The molecule has 0 radical (unpaired) electrons. The van der Waals surface area contributed by atoms with E-state index < -0.39 is 18.2 Å². The van der Waals surface area contributed by atoms with Crippen molar-refractivity contribution in [3.63, 3.8) is 0 Å². The molecule has 2 saturated heterocycles. The quantitative estimate of drug-likeness (QED) is 0.0699. The van der Waals surface area contributed by atoms with Crippen LogP contribution in [0.15, 0.2) is 60.9 Å². The van der Waals surface area contributed by atoms with Gasteiger partial charge in [0, 0.05) is 39.5 Å². The van der Waals surface area contributed by atoms with Gasteiger partial charge in [0.15, 0.2) is 0 Å². The van der Waals surface area contributed by atoms with Crippen molar-refractivity contribution in [3.8, 4) is 33.6 Å². The lowest BCUT2D eigenvalue weighted by molar-refractivity contribution is -0.141. The van der Waals surface area contributed by atoms with Crippen LogP contribution in [0.25, 0.3) is 33.6 Å². The fourth-order valence-electron chi connectivity index (χ4n) is 8.61. The summed E-state index contributed by atoms with van der Waals surface area (Å²) in [6.07, 6.45) is 7.85. The Hall–Kier alpha value is -5.58. The molecular formula is C53H82N8O8. The summed E-state index contributed by atoms with van der Waals surface area (Å²) < 4.78 is 20.6. The van der Waals surface area contributed by atoms with E-state index in [4.69, 9.17) is 14.2 Å². The molecule has 16 nitrogen and oxygen atoms in total. The number of nitrogens with one attached hydrogen (secondary N) is 4. The summed E-state index contributed by atoms with van der Waals surface area (Å²) in [5.74, 6) is 0.976. The average Bonchev–Trinajstić information content (AvgIpc) is 4.07. The van der Waals surface area contributed by atoms with Gasteiger partial charge in [0.25, 0.3) is 0 Å². The zero-order chi connectivity index (χ0) is 51.0. The van der Waals surface area contributed by atoms with E-state index in [-0.39, 0.29) is 54.5 Å². The second kappa shape index (κ2) is 30.1. The van der Waals surface area contributed by atoms with Crippen molar-refractivity contribution in [1.82, 2.24) is 40.4 Å². The first-order valence-electron chi connectivity index (χ1n) is 24.9. The van der Waals surface area contributed by atoms with E-state index in [0.29, 0.717) is 63.5 Å². The molecule has 2 aliphatic rings. The first-order valence-corrected chi connectivity index (χ1v) is 24.9. The third-order valence-corrected chi connectivity index (χ3v) is 12.7. The maximum absolute atomic E-state index is 14.2. The lowest BCUT2D eigenvalue weighted by Crippen LogP contribution is -2.55. The maximum atomic E-state index is 14.2. The van der Waals surface area contributed by atoms with Gasteiger partial charge in [0.2, 0.25) is 18.2 Å². The van der Waals surface area contributed by atoms with Gasteiger partial charge in [-0.3, -0.25) is 14.4 Å². The van der Waals surface area contributed by atoms with Crippen LogP contribution in [0.4, 0.5) is 4.79 Å². The van der Waals surface area contributed by atoms with E-state index in [2.05, 4.69) is 59.6 Å². The second-order valence-corrected chi connectivity index (χ2v) is 17.3. The number of aromatic nitrogens is 4. The molecule has 0 aliphatic carbocycles. The summed E-state index contributed by atoms with van der Waals surface area (Å²) in [5, 5.41) is 5.65. The molecule has 2 fully saturated rings. The van der Waals surface area contributed by atoms with Gasteiger partial charge in [-0.2, -0.15) is 0 Å². The summed E-state index contributed by atoms with van der Waals surface area (Å²) in [5.41, 5.74) is 5.69. The number of hydrogen-bond acceptors (Lipinski definition) is 10. The van der Waals surface area contributed by atoms with Gasteiger partial charge in [-0.1, -0.05) is 90.1 Å². The summed E-state index contributed by atoms with van der Waals surface area (Å²) in [7, 11) is 4.55. The molecule has 0 saturated carbocycles. The van der Waals surface area contributed by atoms with E-state index >= 15 is 0 Å². The van der Waals surface area contributed by atoms with Crippen molar-refractivity contribution in [2.75, 3.05) is 34.5 Å². The van der Waals surface area contributed by atoms with Crippen molar-refractivity contribution in [2.45, 2.75) is 157 Å². The number of amides is 4. The standard InChI is InChI=1S/C47H64N8O7.C2H6O.2C2H6/c1-8-29(3)54(45(57)43(50-28-56)37-18-20-61-31(5)22-37)26-41-48-24-39(51-41)35-14-10-33(11-15-35)34-12-16-36(17-13-34)40-25-49-42(52-40)27-55(30(4)9-2)46(58)44(53-47(59)60-7)38-19-21-62-32(6)23-38;1-3-2;2*1-2/h10-17,24-25,28-32,37-38,43-44H,8-9,18-23,26-27H2,1-7H3,(H,48,51)(H,49,52)(H,50,56)(H,53,59);1-2H3;2*1-2H3/t29-,30-,31?,32?,37?,38?,43?,44?;;;/m0.../s1. The number of nitrogens with zero attached hydrogens (tertiary/aromatic N) is 4. The molecule has 6 unspecified atom stereocenters. The lowest BCUT2D eigenvalue weighted by Gasteiger charge is -2.37. The van der Waals surface area contributed by atoms with E-state index in [1.54, 1.807) is 31.5 Å². The zero-order valence-electron chi connectivity index (χ0n) is 43.6. The first kappa shape index (κ1) is 57.7. The highest BCUT2D eigenvalue weighted by Crippen LogP contribution is 2.30. The van der Waals surface area contributed by atoms with Gasteiger partial charge in [0.05, 0.1) is 56.2 Å². The number of methoxy groups -OCH3 is 2. The molecule has 6 rings (SSSR count). The number of hydrogen-bond donors (Lipinski definition) is 4. The Bertz CT molecular complexity index is 2110. The van der Waals surface area contributed by atoms with Crippen LogP contribution in [0.5, 0.6) is 0 Å². The number of benzene rings is 2. The van der Waals surface area contributed by atoms with Crippen LogP contribution in [-0.4, -0.2) is 125 Å². The van der Waals surface area contributed by atoms with Crippen LogP contribution in [0, 0.1) is 11.8 Å². The van der Waals surface area contributed by atoms with E-state index in [1.165, 1.54) is 7.11 Å². The molecule has 2 aromatic carbocycles. The first-order chi connectivity index (χ1) is 33.3. The highest BCUT2D eigenvalue weighted by molar-refractivity contribution is 5.86. The van der Waals surface area contributed by atoms with Crippen LogP contribution in [0.2, 0.25) is 0 Å². The molecule has 2 aliphatic heterocycles. The number of alkyl carbamates (subject to hydrolysis) is 1. The van der Waals surface area contributed by atoms with E-state index in [0.717, 1.165) is 46.5 Å². The Balaban J connectivity index is 0.00000171.